The van der Waals surface area contributed by atoms with Crippen LogP contribution in [-0.2, 0) is 0 Å². The number of fused-ring (bicyclic) bond motifs is 1. The van der Waals surface area contributed by atoms with Crippen LogP contribution in [0.3, 0.4) is 0 Å². The lowest BCUT2D eigenvalue weighted by atomic mass is 10.00. The van der Waals surface area contributed by atoms with Crippen LogP contribution in [0.1, 0.15) is 0 Å². The van der Waals surface area contributed by atoms with Crippen LogP contribution in [0.5, 0.6) is 0 Å². The summed E-state index contributed by atoms with van der Waals surface area (Å²) < 4.78 is 1.09. The summed E-state index contributed by atoms with van der Waals surface area (Å²) in [5.41, 5.74) is 7.96. The van der Waals surface area contributed by atoms with Crippen LogP contribution in [0.2, 0.25) is 0 Å². The van der Waals surface area contributed by atoms with Gasteiger partial charge in [0.1, 0.15) is 0 Å². The first-order chi connectivity index (χ1) is 17.8. The zero-order valence-corrected chi connectivity index (χ0v) is 21.1. The van der Waals surface area contributed by atoms with Crippen LogP contribution in [0.4, 0.5) is 17.1 Å². The average molecular weight is 524 g/mol. The van der Waals surface area contributed by atoms with Gasteiger partial charge in [-0.3, -0.25) is 0 Å². The minimum Gasteiger partial charge on any atom is -0.303 e. The van der Waals surface area contributed by atoms with E-state index in [4.69, 9.17) is 0 Å². The molecule has 0 N–H and O–H groups in total. The van der Waals surface area contributed by atoms with Gasteiger partial charge in [0, 0.05) is 15.5 Å². The summed E-state index contributed by atoms with van der Waals surface area (Å²) in [6.07, 6.45) is 0. The molecule has 6 rings (SSSR count). The number of anilines is 3. The molecule has 6 aromatic rings. The lowest BCUT2D eigenvalue weighted by molar-refractivity contribution is 1.30. The highest BCUT2D eigenvalue weighted by Gasteiger charge is 2.15. The third kappa shape index (κ3) is 4.38. The highest BCUT2D eigenvalue weighted by Crippen LogP contribution is 2.38. The summed E-state index contributed by atoms with van der Waals surface area (Å²) in [4.78, 5) is 2.25. The molecule has 0 aromatic heterocycles. The molecular weight excluding hydrogens is 502 g/mol. The quantitative estimate of drug-likeness (QED) is 0.217. The van der Waals surface area contributed by atoms with Gasteiger partial charge >= 0.3 is 0 Å². The van der Waals surface area contributed by atoms with E-state index in [1.807, 2.05) is 12.1 Å². The summed E-state index contributed by atoms with van der Waals surface area (Å²) in [7, 11) is 0. The number of hydrogen-bond donors (Lipinski definition) is 0. The second kappa shape index (κ2) is 9.74. The molecule has 36 heavy (non-hydrogen) atoms. The van der Waals surface area contributed by atoms with E-state index in [0.29, 0.717) is 0 Å². The molecule has 1 nitrogen and oxygen atoms in total. The van der Waals surface area contributed by atoms with Crippen molar-refractivity contribution in [3.8, 4) is 22.3 Å². The standard InChI is InChI=1S/C34H22BrN/c35-30-21-17-27(18-22-30)25-13-15-26(16-14-25)28-19-23-32(24-20-28)36(31-9-2-1-3-10-31)34-12-6-8-29-7-4-5-11-33(29)34/h1-2,4-9,11-24H. The van der Waals surface area contributed by atoms with E-state index >= 15 is 0 Å². The Morgan fingerprint density at radius 3 is 1.75 bits per heavy atom. The van der Waals surface area contributed by atoms with E-state index < -0.39 is 0 Å². The molecule has 0 radical (unpaired) electrons. The van der Waals surface area contributed by atoms with Crippen molar-refractivity contribution in [1.82, 2.24) is 0 Å². The third-order valence-corrected chi connectivity index (χ3v) is 6.93. The maximum absolute atomic E-state index is 3.51. The zero-order chi connectivity index (χ0) is 24.3. The Labute approximate surface area is 220 Å². The Hall–Kier alpha value is -4.32. The molecule has 6 aromatic carbocycles. The van der Waals surface area contributed by atoms with Crippen molar-refractivity contribution >= 4 is 43.8 Å². The Balaban J connectivity index is 1.36. The fourth-order valence-electron chi connectivity index (χ4n) is 4.59. The first-order valence-corrected chi connectivity index (χ1v) is 12.7. The van der Waals surface area contributed by atoms with E-state index in [-0.39, 0.29) is 0 Å². The van der Waals surface area contributed by atoms with Crippen LogP contribution in [0.25, 0.3) is 33.0 Å². The van der Waals surface area contributed by atoms with Crippen LogP contribution in [0.15, 0.2) is 138 Å². The van der Waals surface area contributed by atoms with Crippen molar-refractivity contribution in [1.29, 1.82) is 0 Å². The highest BCUT2D eigenvalue weighted by atomic mass is 79.9. The first kappa shape index (κ1) is 22.2. The number of benzene rings is 5. The Bertz CT molecular complexity index is 1600. The largest absolute Gasteiger partial charge is 0.303 e. The van der Waals surface area contributed by atoms with Gasteiger partial charge in [-0.1, -0.05) is 113 Å². The molecule has 0 aliphatic carbocycles. The molecule has 0 amide bonds. The highest BCUT2D eigenvalue weighted by molar-refractivity contribution is 9.10. The van der Waals surface area contributed by atoms with Crippen molar-refractivity contribution in [2.24, 2.45) is 0 Å². The van der Waals surface area contributed by atoms with E-state index in [1.165, 1.54) is 33.0 Å². The van der Waals surface area contributed by atoms with Gasteiger partial charge in [0.2, 0.25) is 0 Å². The Kier molecular flexibility index (Phi) is 6.00. The molecule has 0 heterocycles. The van der Waals surface area contributed by atoms with Gasteiger partial charge in [0.15, 0.2) is 0 Å². The number of hydrogen-bond acceptors (Lipinski definition) is 1. The van der Waals surface area contributed by atoms with Crippen LogP contribution in [0, 0.1) is 12.1 Å². The second-order valence-electron chi connectivity index (χ2n) is 8.65. The van der Waals surface area contributed by atoms with Crippen molar-refractivity contribution in [3.63, 3.8) is 0 Å². The van der Waals surface area contributed by atoms with Crippen molar-refractivity contribution in [2.75, 3.05) is 4.90 Å². The van der Waals surface area contributed by atoms with Gasteiger partial charge in [0.05, 0.1) is 11.4 Å². The van der Waals surface area contributed by atoms with Gasteiger partial charge in [-0.25, -0.2) is 0 Å². The van der Waals surface area contributed by atoms with Crippen molar-refractivity contribution in [2.45, 2.75) is 0 Å². The lowest BCUT2D eigenvalue weighted by Crippen LogP contribution is -2.10. The van der Waals surface area contributed by atoms with Gasteiger partial charge in [-0.15, -0.1) is 0 Å². The zero-order valence-electron chi connectivity index (χ0n) is 19.5. The molecule has 0 fully saturated rings. The van der Waals surface area contributed by atoms with Gasteiger partial charge in [-0.05, 0) is 76.2 Å². The van der Waals surface area contributed by atoms with Gasteiger partial charge in [-0.2, -0.15) is 0 Å². The molecule has 0 aliphatic rings. The molecule has 0 saturated carbocycles. The Morgan fingerprint density at radius 1 is 0.528 bits per heavy atom. The van der Waals surface area contributed by atoms with E-state index in [1.54, 1.807) is 0 Å². The smallest absolute Gasteiger partial charge is 0.0973 e. The van der Waals surface area contributed by atoms with E-state index in [0.717, 1.165) is 21.5 Å². The fraction of sp³-hybridized carbons (Fsp3) is 0. The SMILES string of the molecule is Brc1ccc(-c2ccc(-c3ccc(N(c4c#cccc4)c4cccc5ccccc45)cc3)cc2)cc1. The fourth-order valence-corrected chi connectivity index (χ4v) is 4.85. The van der Waals surface area contributed by atoms with E-state index in [9.17, 15) is 0 Å². The maximum atomic E-state index is 3.51. The topological polar surface area (TPSA) is 3.24 Å². The third-order valence-electron chi connectivity index (χ3n) is 6.40. The number of halogens is 1. The summed E-state index contributed by atoms with van der Waals surface area (Å²) in [5.74, 6) is 0. The monoisotopic (exact) mass is 523 g/mol. The minimum absolute atomic E-state index is 0.959. The molecule has 0 bridgehead atoms. The molecule has 170 valence electrons. The van der Waals surface area contributed by atoms with E-state index in [2.05, 4.69) is 154 Å². The second-order valence-corrected chi connectivity index (χ2v) is 9.56. The minimum atomic E-state index is 0.959. The molecule has 0 unspecified atom stereocenters. The molecule has 0 aliphatic heterocycles. The van der Waals surface area contributed by atoms with Crippen molar-refractivity contribution in [3.05, 3.63) is 150 Å². The molecule has 0 spiro atoms. The molecule has 0 saturated heterocycles. The predicted molar refractivity (Wildman–Crippen MR) is 155 cm³/mol. The van der Waals surface area contributed by atoms with Crippen LogP contribution >= 0.6 is 15.9 Å². The Morgan fingerprint density at radius 2 is 1.11 bits per heavy atom. The maximum Gasteiger partial charge on any atom is 0.0973 e. The summed E-state index contributed by atoms with van der Waals surface area (Å²) in [6.45, 7) is 0. The molecule has 0 atom stereocenters. The van der Waals surface area contributed by atoms with Gasteiger partial charge < -0.3 is 4.90 Å². The lowest BCUT2D eigenvalue weighted by Gasteiger charge is -2.25. The predicted octanol–water partition coefficient (Wildman–Crippen LogP) is 10.0. The van der Waals surface area contributed by atoms with Crippen LogP contribution < -0.4 is 4.90 Å². The summed E-state index contributed by atoms with van der Waals surface area (Å²) in [5, 5.41) is 2.41. The average Bonchev–Trinajstić information content (AvgIpc) is 2.95. The normalized spacial score (nSPS) is 10.7. The van der Waals surface area contributed by atoms with Crippen molar-refractivity contribution < 1.29 is 0 Å². The summed E-state index contributed by atoms with van der Waals surface area (Å²) >= 11 is 3.51. The number of rotatable bonds is 5. The number of nitrogens with zero attached hydrogens (tertiary/aromatic N) is 1. The molecule has 2 heteroatoms. The van der Waals surface area contributed by atoms with Crippen LogP contribution in [-0.4, -0.2) is 0 Å². The summed E-state index contributed by atoms with van der Waals surface area (Å²) in [6, 6.07) is 53.2. The molecular formula is C34H22BrN. The van der Waals surface area contributed by atoms with Gasteiger partial charge in [0.25, 0.3) is 0 Å². The first-order valence-electron chi connectivity index (χ1n) is 11.9.